The first kappa shape index (κ1) is 73.7. The fraction of sp³-hybridized carbons (Fsp3) is 0.707. The van der Waals surface area contributed by atoms with Crippen molar-refractivity contribution >= 4 is 30.2 Å². The van der Waals surface area contributed by atoms with Gasteiger partial charge in [0.1, 0.15) is 19.0 Å². The highest BCUT2D eigenvalue weighted by Crippen LogP contribution is 2.16. The molecule has 2 aromatic carbocycles. The number of ketones is 1. The molecule has 1 atom stereocenters. The Morgan fingerprint density at radius 3 is 1.08 bits per heavy atom. The van der Waals surface area contributed by atoms with Gasteiger partial charge in [-0.3, -0.25) is 4.79 Å². The number of nitrogens with zero attached hydrogens (tertiary/aromatic N) is 4. The molecule has 0 bridgehead atoms. The molecule has 0 saturated heterocycles. The third-order valence-electron chi connectivity index (χ3n) is 10.3. The maximum Gasteiger partial charge on any atom is 0.508 e. The van der Waals surface area contributed by atoms with Crippen molar-refractivity contribution in [2.45, 2.75) is 189 Å². The second-order valence-electron chi connectivity index (χ2n) is 20.9. The predicted octanol–water partition coefficient (Wildman–Crippen LogP) is 13.8. The molecule has 0 aliphatic heterocycles. The number of benzene rings is 2. The molecule has 14 nitrogen and oxygen atoms in total. The van der Waals surface area contributed by atoms with Crippen LogP contribution < -0.4 is 0 Å². The molecule has 0 fully saturated rings. The van der Waals surface area contributed by atoms with E-state index in [0.29, 0.717) is 49.2 Å². The molecule has 1 unspecified atom stereocenters. The van der Waals surface area contributed by atoms with E-state index in [1.807, 2.05) is 65.9 Å². The Bertz CT molecular complexity index is 1730. The predicted molar refractivity (Wildman–Crippen MR) is 297 cm³/mol. The van der Waals surface area contributed by atoms with Crippen molar-refractivity contribution in [3.05, 3.63) is 70.8 Å². The molecular weight excluding hydrogens is 913 g/mol. The number of hydrogen-bond acceptors (Lipinski definition) is 11. The molecule has 0 N–H and O–H groups in total. The van der Waals surface area contributed by atoms with Gasteiger partial charge in [-0.1, -0.05) is 126 Å². The molecule has 0 aromatic heterocycles. The van der Waals surface area contributed by atoms with Crippen LogP contribution in [0.3, 0.4) is 0 Å². The van der Waals surface area contributed by atoms with Crippen LogP contribution in [0.4, 0.5) is 19.2 Å². The van der Waals surface area contributed by atoms with Crippen LogP contribution in [0.25, 0.3) is 0 Å². The molecule has 3 amide bonds. The van der Waals surface area contributed by atoms with Gasteiger partial charge in [0.15, 0.2) is 0 Å². The van der Waals surface area contributed by atoms with E-state index in [2.05, 4.69) is 84.6 Å². The average Bonchev–Trinajstić information content (AvgIpc) is 3.25. The third-order valence-corrected chi connectivity index (χ3v) is 10.3. The van der Waals surface area contributed by atoms with Crippen LogP contribution >= 0.6 is 0 Å². The van der Waals surface area contributed by atoms with Crippen LogP contribution in [0.5, 0.6) is 0 Å². The molecule has 72 heavy (non-hydrogen) atoms. The minimum Gasteiger partial charge on any atom is -0.447 e. The van der Waals surface area contributed by atoms with Crippen LogP contribution in [-0.4, -0.2) is 129 Å². The normalized spacial score (nSPS) is 11.1. The first-order valence-electron chi connectivity index (χ1n) is 25.4. The Kier molecular flexibility index (Phi) is 41.6. The number of amides is 3. The number of Topliss-reactive ketones (excluding diaryl/α,β-unsaturated/α-hetero) is 1. The SMILES string of the molecule is C.C.CC(C)CC(C)C(=O)C(C)C.CC(C)Cc1ccc(COC(=O)N(C)CCN(C)C(=O)OC(C)C)cc1.CC(C)Cc1ccc(COC(=O)OC(C)C)cc1.CC(C)OC(=O)N(C)CCN(C)C(C)C. The highest BCUT2D eigenvalue weighted by atomic mass is 16.7. The average molecular weight is 1020 g/mol. The van der Waals surface area contributed by atoms with Gasteiger partial charge >= 0.3 is 24.4 Å². The van der Waals surface area contributed by atoms with E-state index in [0.717, 1.165) is 36.9 Å². The fourth-order valence-corrected chi connectivity index (χ4v) is 6.23. The van der Waals surface area contributed by atoms with Gasteiger partial charge in [0.25, 0.3) is 0 Å². The second kappa shape index (κ2) is 40.6. The molecule has 418 valence electrons. The number of rotatable bonds is 22. The van der Waals surface area contributed by atoms with Crippen molar-refractivity contribution in [2.75, 3.05) is 54.4 Å². The zero-order chi connectivity index (χ0) is 54.3. The number of carbonyl (C=O) groups excluding carboxylic acids is 5. The minimum absolute atomic E-state index is 0. The van der Waals surface area contributed by atoms with Gasteiger partial charge in [-0.05, 0) is 122 Å². The van der Waals surface area contributed by atoms with Crippen LogP contribution in [0.2, 0.25) is 0 Å². The van der Waals surface area contributed by atoms with E-state index < -0.39 is 18.3 Å². The van der Waals surface area contributed by atoms with Crippen molar-refractivity contribution < 1.29 is 47.7 Å². The Morgan fingerprint density at radius 1 is 0.431 bits per heavy atom. The zero-order valence-electron chi connectivity index (χ0n) is 47.6. The summed E-state index contributed by atoms with van der Waals surface area (Å²) in [5.41, 5.74) is 4.52. The van der Waals surface area contributed by atoms with Gasteiger partial charge in [-0.15, -0.1) is 0 Å². The summed E-state index contributed by atoms with van der Waals surface area (Å²) >= 11 is 0. The van der Waals surface area contributed by atoms with Crippen LogP contribution in [0, 0.1) is 29.6 Å². The summed E-state index contributed by atoms with van der Waals surface area (Å²) in [7, 11) is 7.10. The molecule has 0 aliphatic rings. The summed E-state index contributed by atoms with van der Waals surface area (Å²) in [5, 5.41) is 0. The highest BCUT2D eigenvalue weighted by molar-refractivity contribution is 5.82. The maximum atomic E-state index is 12.1. The summed E-state index contributed by atoms with van der Waals surface area (Å²) in [6, 6.07) is 16.7. The summed E-state index contributed by atoms with van der Waals surface area (Å²) in [6.45, 7) is 37.0. The van der Waals surface area contributed by atoms with E-state index in [9.17, 15) is 24.0 Å². The number of likely N-dealkylation sites (N-methyl/N-ethyl adjacent to an activating group) is 4. The quantitative estimate of drug-likeness (QED) is 0.0821. The largest absolute Gasteiger partial charge is 0.508 e. The molecule has 2 rings (SSSR count). The summed E-state index contributed by atoms with van der Waals surface area (Å²) < 4.78 is 25.4. The fourth-order valence-electron chi connectivity index (χ4n) is 6.23. The Morgan fingerprint density at radius 2 is 0.764 bits per heavy atom. The monoisotopic (exact) mass is 1020 g/mol. The van der Waals surface area contributed by atoms with Gasteiger partial charge in [-0.2, -0.15) is 0 Å². The van der Waals surface area contributed by atoms with Crippen LogP contribution in [-0.2, 0) is 54.5 Å². The van der Waals surface area contributed by atoms with Crippen molar-refractivity contribution in [1.29, 1.82) is 0 Å². The van der Waals surface area contributed by atoms with Crippen molar-refractivity contribution in [2.24, 2.45) is 29.6 Å². The van der Waals surface area contributed by atoms with Crippen molar-refractivity contribution in [3.63, 3.8) is 0 Å². The van der Waals surface area contributed by atoms with Crippen LogP contribution in [0.1, 0.15) is 161 Å². The van der Waals surface area contributed by atoms with Gasteiger partial charge in [0.05, 0.1) is 18.3 Å². The summed E-state index contributed by atoms with van der Waals surface area (Å²) in [4.78, 5) is 64.5. The van der Waals surface area contributed by atoms with Crippen LogP contribution in [0.15, 0.2) is 48.5 Å². The molecule has 0 spiro atoms. The van der Waals surface area contributed by atoms with E-state index >= 15 is 0 Å². The number of hydrogen-bond donors (Lipinski definition) is 0. The van der Waals surface area contributed by atoms with Gasteiger partial charge in [-0.25, -0.2) is 19.2 Å². The lowest BCUT2D eigenvalue weighted by molar-refractivity contribution is -0.125. The second-order valence-corrected chi connectivity index (χ2v) is 20.9. The van der Waals surface area contributed by atoms with Gasteiger partial charge < -0.3 is 43.3 Å². The summed E-state index contributed by atoms with van der Waals surface area (Å²) in [6.07, 6.45) is 1.08. The smallest absolute Gasteiger partial charge is 0.447 e. The Balaban J connectivity index is -0.000000445. The highest BCUT2D eigenvalue weighted by Gasteiger charge is 2.18. The number of ether oxygens (including phenoxy) is 5. The topological polar surface area (TPSA) is 144 Å². The Hall–Kier alpha value is -4.85. The maximum absolute atomic E-state index is 12.1. The zero-order valence-corrected chi connectivity index (χ0v) is 47.6. The molecular formula is C58H106N4O10. The standard InChI is InChI=1S/C20H32N2O4.C15H22O3.C11H24N2O2.C10H20O.2CH4/c1-15(2)13-17-7-9-18(10-8-17)14-25-19(23)21(5)11-12-22(6)20(24)26-16(3)4;1-11(2)9-13-5-7-14(8-6-13)10-17-15(16)18-12(3)4;1-9(2)12(5)7-8-13(6)11(14)15-10(3)4;1-7(2)6-9(5)10(11)8(3)4;;/h7-10,15-16H,11-14H2,1-6H3;5-8,11-12H,9-10H2,1-4H3;9-10H,7-8H2,1-6H3;7-9H,6H2,1-5H3;2*1H4. The van der Waals surface area contributed by atoms with Crippen molar-refractivity contribution in [1.82, 2.24) is 19.6 Å². The van der Waals surface area contributed by atoms with E-state index in [1.54, 1.807) is 53.7 Å². The first-order chi connectivity index (χ1) is 32.4. The van der Waals surface area contributed by atoms with E-state index in [4.69, 9.17) is 23.7 Å². The van der Waals surface area contributed by atoms with E-state index in [-0.39, 0.29) is 64.3 Å². The van der Waals surface area contributed by atoms with Gasteiger partial charge in [0, 0.05) is 65.2 Å². The third kappa shape index (κ3) is 38.8. The lowest BCUT2D eigenvalue weighted by Gasteiger charge is -2.25. The van der Waals surface area contributed by atoms with Gasteiger partial charge in [0.2, 0.25) is 0 Å². The first-order valence-corrected chi connectivity index (χ1v) is 25.4. The Labute approximate surface area is 440 Å². The number of carbonyl (C=O) groups is 5. The molecule has 0 heterocycles. The molecule has 2 aromatic rings. The lowest BCUT2D eigenvalue weighted by Crippen LogP contribution is -2.38. The molecule has 0 aliphatic carbocycles. The lowest BCUT2D eigenvalue weighted by atomic mass is 9.90. The molecule has 0 radical (unpaired) electrons. The van der Waals surface area contributed by atoms with E-state index in [1.165, 1.54) is 20.9 Å². The molecule has 0 saturated carbocycles. The molecule has 14 heteroatoms. The van der Waals surface area contributed by atoms with Crippen molar-refractivity contribution in [3.8, 4) is 0 Å². The summed E-state index contributed by atoms with van der Waals surface area (Å²) in [5.74, 6) is 2.74. The minimum atomic E-state index is -0.615.